The maximum Gasteiger partial charge on any atom is 0.125 e. The maximum absolute atomic E-state index is 5.81. The Morgan fingerprint density at radius 2 is 1.65 bits per heavy atom. The number of hydrogen-bond donors (Lipinski definition) is 1. The molecule has 0 aliphatic carbocycles. The van der Waals surface area contributed by atoms with Crippen LogP contribution in [0.15, 0.2) is 52.9 Å². The van der Waals surface area contributed by atoms with Gasteiger partial charge >= 0.3 is 0 Å². The predicted octanol–water partition coefficient (Wildman–Crippen LogP) is 4.36. The van der Waals surface area contributed by atoms with E-state index in [1.807, 2.05) is 26.1 Å². The zero-order chi connectivity index (χ0) is 14.1. The molecule has 0 amide bonds. The van der Waals surface area contributed by atoms with Crippen molar-refractivity contribution >= 4 is 10.8 Å². The molecule has 1 aromatic heterocycles. The van der Waals surface area contributed by atoms with Gasteiger partial charge in [-0.1, -0.05) is 36.4 Å². The molecule has 0 saturated heterocycles. The molecule has 0 fully saturated rings. The minimum Gasteiger partial charge on any atom is -0.464 e. The molecule has 0 radical (unpaired) electrons. The van der Waals surface area contributed by atoms with Gasteiger partial charge in [-0.2, -0.15) is 0 Å². The number of furan rings is 1. The Hall–Kier alpha value is -2.06. The van der Waals surface area contributed by atoms with Crippen molar-refractivity contribution in [3.8, 4) is 0 Å². The number of benzene rings is 2. The lowest BCUT2D eigenvalue weighted by Crippen LogP contribution is -2.17. The fourth-order valence-electron chi connectivity index (χ4n) is 2.78. The lowest BCUT2D eigenvalue weighted by atomic mass is 9.95. The van der Waals surface area contributed by atoms with E-state index in [0.29, 0.717) is 0 Å². The summed E-state index contributed by atoms with van der Waals surface area (Å²) in [7, 11) is 1.97. The van der Waals surface area contributed by atoms with E-state index in [1.165, 1.54) is 21.9 Å². The van der Waals surface area contributed by atoms with E-state index in [0.717, 1.165) is 11.5 Å². The van der Waals surface area contributed by atoms with Crippen molar-refractivity contribution in [2.45, 2.75) is 19.9 Å². The van der Waals surface area contributed by atoms with E-state index >= 15 is 0 Å². The van der Waals surface area contributed by atoms with Crippen molar-refractivity contribution in [3.63, 3.8) is 0 Å². The number of nitrogens with one attached hydrogen (secondary N) is 1. The molecule has 0 aliphatic rings. The van der Waals surface area contributed by atoms with Crippen LogP contribution in [0.25, 0.3) is 10.8 Å². The quantitative estimate of drug-likeness (QED) is 0.761. The first-order valence-corrected chi connectivity index (χ1v) is 6.92. The van der Waals surface area contributed by atoms with E-state index in [-0.39, 0.29) is 6.04 Å². The summed E-state index contributed by atoms with van der Waals surface area (Å²) >= 11 is 0. The van der Waals surface area contributed by atoms with Gasteiger partial charge in [-0.3, -0.25) is 0 Å². The Kier molecular flexibility index (Phi) is 3.33. The van der Waals surface area contributed by atoms with Crippen molar-refractivity contribution in [2.24, 2.45) is 0 Å². The molecule has 0 saturated carbocycles. The Bertz CT molecular complexity index is 742. The lowest BCUT2D eigenvalue weighted by Gasteiger charge is -2.17. The smallest absolute Gasteiger partial charge is 0.125 e. The molecule has 0 spiro atoms. The SMILES string of the molecule is CNC(c1ccc(C)o1)c1ccc(C)c2ccccc12. The molecule has 102 valence electrons. The number of hydrogen-bond acceptors (Lipinski definition) is 2. The Morgan fingerprint density at radius 1 is 0.900 bits per heavy atom. The number of fused-ring (bicyclic) bond motifs is 1. The van der Waals surface area contributed by atoms with Crippen LogP contribution in [0.4, 0.5) is 0 Å². The second-order valence-corrected chi connectivity index (χ2v) is 5.19. The summed E-state index contributed by atoms with van der Waals surface area (Å²) in [4.78, 5) is 0. The molecule has 1 unspecified atom stereocenters. The van der Waals surface area contributed by atoms with Crippen molar-refractivity contribution in [3.05, 3.63) is 71.2 Å². The first-order valence-electron chi connectivity index (χ1n) is 6.92. The molecule has 1 N–H and O–H groups in total. The number of aryl methyl sites for hydroxylation is 2. The standard InChI is InChI=1S/C18H19NO/c1-12-8-10-16(15-7-5-4-6-14(12)15)18(19-3)17-11-9-13(2)20-17/h4-11,18-19H,1-3H3. The van der Waals surface area contributed by atoms with Gasteiger partial charge in [0.25, 0.3) is 0 Å². The van der Waals surface area contributed by atoms with Gasteiger partial charge in [-0.05, 0) is 54.9 Å². The van der Waals surface area contributed by atoms with Crippen molar-refractivity contribution in [2.75, 3.05) is 7.05 Å². The van der Waals surface area contributed by atoms with Crippen molar-refractivity contribution in [1.82, 2.24) is 5.32 Å². The number of rotatable bonds is 3. The van der Waals surface area contributed by atoms with Crippen LogP contribution >= 0.6 is 0 Å². The predicted molar refractivity (Wildman–Crippen MR) is 83.0 cm³/mol. The zero-order valence-corrected chi connectivity index (χ0v) is 12.1. The highest BCUT2D eigenvalue weighted by Gasteiger charge is 2.18. The van der Waals surface area contributed by atoms with Crippen LogP contribution in [0.2, 0.25) is 0 Å². The van der Waals surface area contributed by atoms with Crippen LogP contribution in [0.1, 0.15) is 28.7 Å². The summed E-state index contributed by atoms with van der Waals surface area (Å²) < 4.78 is 5.81. The summed E-state index contributed by atoms with van der Waals surface area (Å²) in [6.07, 6.45) is 0. The van der Waals surface area contributed by atoms with Crippen LogP contribution in [-0.2, 0) is 0 Å². The van der Waals surface area contributed by atoms with Crippen LogP contribution in [-0.4, -0.2) is 7.05 Å². The molecule has 2 aromatic carbocycles. The minimum atomic E-state index is 0.0780. The molecule has 1 heterocycles. The fourth-order valence-corrected chi connectivity index (χ4v) is 2.78. The van der Waals surface area contributed by atoms with Gasteiger partial charge in [0.2, 0.25) is 0 Å². The van der Waals surface area contributed by atoms with Crippen molar-refractivity contribution < 1.29 is 4.42 Å². The van der Waals surface area contributed by atoms with E-state index in [9.17, 15) is 0 Å². The topological polar surface area (TPSA) is 25.2 Å². The lowest BCUT2D eigenvalue weighted by molar-refractivity contribution is 0.445. The molecule has 3 rings (SSSR count). The second kappa shape index (κ2) is 5.14. The largest absolute Gasteiger partial charge is 0.464 e. The van der Waals surface area contributed by atoms with Gasteiger partial charge in [0.1, 0.15) is 11.5 Å². The molecular weight excluding hydrogens is 246 g/mol. The summed E-state index contributed by atoms with van der Waals surface area (Å²) in [6.45, 7) is 4.13. The van der Waals surface area contributed by atoms with Gasteiger partial charge in [-0.25, -0.2) is 0 Å². The van der Waals surface area contributed by atoms with Crippen LogP contribution in [0.5, 0.6) is 0 Å². The molecule has 2 nitrogen and oxygen atoms in total. The molecule has 1 atom stereocenters. The second-order valence-electron chi connectivity index (χ2n) is 5.19. The summed E-state index contributed by atoms with van der Waals surface area (Å²) in [6, 6.07) is 17.0. The minimum absolute atomic E-state index is 0.0780. The summed E-state index contributed by atoms with van der Waals surface area (Å²) in [5, 5.41) is 5.94. The van der Waals surface area contributed by atoms with E-state index < -0.39 is 0 Å². The first-order chi connectivity index (χ1) is 9.70. The fraction of sp³-hybridized carbons (Fsp3) is 0.222. The van der Waals surface area contributed by atoms with E-state index in [2.05, 4.69) is 48.6 Å². The normalized spacial score (nSPS) is 12.8. The van der Waals surface area contributed by atoms with E-state index in [1.54, 1.807) is 0 Å². The highest BCUT2D eigenvalue weighted by molar-refractivity contribution is 5.89. The highest BCUT2D eigenvalue weighted by atomic mass is 16.3. The maximum atomic E-state index is 5.81. The highest BCUT2D eigenvalue weighted by Crippen LogP contribution is 2.31. The van der Waals surface area contributed by atoms with Crippen LogP contribution < -0.4 is 5.32 Å². The van der Waals surface area contributed by atoms with Gasteiger partial charge in [0.15, 0.2) is 0 Å². The molecule has 20 heavy (non-hydrogen) atoms. The monoisotopic (exact) mass is 265 g/mol. The molecule has 0 aliphatic heterocycles. The van der Waals surface area contributed by atoms with Crippen molar-refractivity contribution in [1.29, 1.82) is 0 Å². The summed E-state index contributed by atoms with van der Waals surface area (Å²) in [5.41, 5.74) is 2.55. The third kappa shape index (κ3) is 2.12. The third-order valence-corrected chi connectivity index (χ3v) is 3.82. The van der Waals surface area contributed by atoms with Gasteiger partial charge < -0.3 is 9.73 Å². The molecule has 0 bridgehead atoms. The molecule has 3 aromatic rings. The first kappa shape index (κ1) is 12.9. The average Bonchev–Trinajstić information content (AvgIpc) is 2.89. The average molecular weight is 265 g/mol. The third-order valence-electron chi connectivity index (χ3n) is 3.82. The Labute approximate surface area is 119 Å². The zero-order valence-electron chi connectivity index (χ0n) is 12.1. The summed E-state index contributed by atoms with van der Waals surface area (Å²) in [5.74, 6) is 1.90. The molecular formula is C18H19NO. The Morgan fingerprint density at radius 3 is 2.30 bits per heavy atom. The van der Waals surface area contributed by atoms with Crippen LogP contribution in [0.3, 0.4) is 0 Å². The van der Waals surface area contributed by atoms with Gasteiger partial charge in [0.05, 0.1) is 6.04 Å². The van der Waals surface area contributed by atoms with Gasteiger partial charge in [-0.15, -0.1) is 0 Å². The van der Waals surface area contributed by atoms with Gasteiger partial charge in [0, 0.05) is 0 Å². The molecule has 2 heteroatoms. The Balaban J connectivity index is 2.20. The van der Waals surface area contributed by atoms with Crippen LogP contribution in [0, 0.1) is 13.8 Å². The van der Waals surface area contributed by atoms with E-state index in [4.69, 9.17) is 4.42 Å².